The Hall–Kier alpha value is -0.700. The van der Waals surface area contributed by atoms with Crippen molar-refractivity contribution in [3.63, 3.8) is 0 Å². The van der Waals surface area contributed by atoms with Gasteiger partial charge in [-0.25, -0.2) is 0 Å². The maximum Gasteiger partial charge on any atom is 0.122 e. The fourth-order valence-corrected chi connectivity index (χ4v) is 2.47. The van der Waals surface area contributed by atoms with Crippen LogP contribution >= 0.6 is 11.3 Å². The van der Waals surface area contributed by atoms with Gasteiger partial charge in [-0.1, -0.05) is 20.8 Å². The Labute approximate surface area is 83.0 Å². The standard InChI is InChI=1S/C10H15NOS/c1-7(2)6-8(3)10-9(11-12)4-5-13-10/h4-5,7-8H,6H2,1-3H3. The SMILES string of the molecule is CC(C)CC(C)c1sccc1N=O. The molecule has 1 unspecified atom stereocenters. The Balaban J connectivity index is 2.75. The van der Waals surface area contributed by atoms with E-state index in [1.165, 1.54) is 0 Å². The first-order valence-electron chi connectivity index (χ1n) is 4.56. The highest BCUT2D eigenvalue weighted by Gasteiger charge is 2.13. The van der Waals surface area contributed by atoms with Gasteiger partial charge in [-0.3, -0.25) is 0 Å². The quantitative estimate of drug-likeness (QED) is 0.662. The third-order valence-electron chi connectivity index (χ3n) is 2.04. The van der Waals surface area contributed by atoms with Crippen molar-refractivity contribution >= 4 is 17.0 Å². The van der Waals surface area contributed by atoms with Gasteiger partial charge in [0.1, 0.15) is 5.69 Å². The molecule has 0 bridgehead atoms. The maximum atomic E-state index is 10.4. The van der Waals surface area contributed by atoms with Crippen molar-refractivity contribution in [1.29, 1.82) is 0 Å². The van der Waals surface area contributed by atoms with Crippen molar-refractivity contribution < 1.29 is 0 Å². The van der Waals surface area contributed by atoms with Gasteiger partial charge in [0.15, 0.2) is 0 Å². The van der Waals surface area contributed by atoms with Gasteiger partial charge in [0.2, 0.25) is 0 Å². The Kier molecular flexibility index (Phi) is 3.60. The summed E-state index contributed by atoms with van der Waals surface area (Å²) >= 11 is 1.63. The highest BCUT2D eigenvalue weighted by molar-refractivity contribution is 7.10. The molecule has 0 aromatic carbocycles. The molecule has 1 atom stereocenters. The predicted octanol–water partition coefficient (Wildman–Crippen LogP) is 4.30. The molecule has 0 radical (unpaired) electrons. The van der Waals surface area contributed by atoms with Crippen LogP contribution in [0.3, 0.4) is 0 Å². The van der Waals surface area contributed by atoms with Crippen LogP contribution in [0.5, 0.6) is 0 Å². The molecule has 0 saturated heterocycles. The van der Waals surface area contributed by atoms with Crippen molar-refractivity contribution in [2.45, 2.75) is 33.1 Å². The van der Waals surface area contributed by atoms with Crippen molar-refractivity contribution in [1.82, 2.24) is 0 Å². The van der Waals surface area contributed by atoms with Crippen LogP contribution in [0.15, 0.2) is 16.6 Å². The largest absolute Gasteiger partial charge is 0.146 e. The summed E-state index contributed by atoms with van der Waals surface area (Å²) in [6.07, 6.45) is 1.11. The average molecular weight is 197 g/mol. The third kappa shape index (κ3) is 2.62. The molecule has 2 nitrogen and oxygen atoms in total. The minimum Gasteiger partial charge on any atom is -0.146 e. The molecule has 0 amide bonds. The number of hydrogen-bond acceptors (Lipinski definition) is 3. The lowest BCUT2D eigenvalue weighted by molar-refractivity contribution is 0.529. The normalized spacial score (nSPS) is 13.2. The van der Waals surface area contributed by atoms with Crippen LogP contribution in [0, 0.1) is 10.8 Å². The lowest BCUT2D eigenvalue weighted by Gasteiger charge is -2.11. The first-order chi connectivity index (χ1) is 6.15. The van der Waals surface area contributed by atoms with Crippen molar-refractivity contribution in [2.75, 3.05) is 0 Å². The molecule has 1 aromatic rings. The fraction of sp³-hybridized carbons (Fsp3) is 0.600. The van der Waals surface area contributed by atoms with E-state index in [2.05, 4.69) is 25.9 Å². The minimum atomic E-state index is 0.452. The van der Waals surface area contributed by atoms with Crippen LogP contribution in [0.2, 0.25) is 0 Å². The third-order valence-corrected chi connectivity index (χ3v) is 3.18. The van der Waals surface area contributed by atoms with Gasteiger partial charge in [-0.15, -0.1) is 16.2 Å². The molecule has 0 saturated carbocycles. The highest BCUT2D eigenvalue weighted by Crippen LogP contribution is 2.35. The zero-order valence-electron chi connectivity index (χ0n) is 8.28. The Bertz CT molecular complexity index is 280. The lowest BCUT2D eigenvalue weighted by Crippen LogP contribution is -1.96. The van der Waals surface area contributed by atoms with E-state index in [1.54, 1.807) is 17.4 Å². The summed E-state index contributed by atoms with van der Waals surface area (Å²) in [4.78, 5) is 11.6. The molecule has 0 N–H and O–H groups in total. The van der Waals surface area contributed by atoms with Crippen LogP contribution < -0.4 is 0 Å². The highest BCUT2D eigenvalue weighted by atomic mass is 32.1. The van der Waals surface area contributed by atoms with Crippen LogP contribution in [0.1, 0.15) is 38.0 Å². The molecule has 1 heterocycles. The monoisotopic (exact) mass is 197 g/mol. The van der Waals surface area contributed by atoms with Gasteiger partial charge in [-0.05, 0) is 34.9 Å². The number of thiophene rings is 1. The van der Waals surface area contributed by atoms with Gasteiger partial charge < -0.3 is 0 Å². The summed E-state index contributed by atoms with van der Waals surface area (Å²) in [7, 11) is 0. The Morgan fingerprint density at radius 1 is 1.46 bits per heavy atom. The maximum absolute atomic E-state index is 10.4. The number of hydrogen-bond donors (Lipinski definition) is 0. The summed E-state index contributed by atoms with van der Waals surface area (Å²) in [5.74, 6) is 1.12. The summed E-state index contributed by atoms with van der Waals surface area (Å²) < 4.78 is 0. The molecule has 72 valence electrons. The van der Waals surface area contributed by atoms with Crippen LogP contribution in [0.25, 0.3) is 0 Å². The summed E-state index contributed by atoms with van der Waals surface area (Å²) in [5.41, 5.74) is 0.623. The van der Waals surface area contributed by atoms with Crippen molar-refractivity contribution in [3.05, 3.63) is 21.2 Å². The molecule has 0 aliphatic heterocycles. The zero-order valence-corrected chi connectivity index (χ0v) is 9.10. The Morgan fingerprint density at radius 3 is 2.69 bits per heavy atom. The summed E-state index contributed by atoms with van der Waals surface area (Å²) in [6.45, 7) is 6.54. The molecule has 3 heteroatoms. The molecule has 0 aliphatic carbocycles. The van der Waals surface area contributed by atoms with Crippen molar-refractivity contribution in [2.24, 2.45) is 11.1 Å². The predicted molar refractivity (Wildman–Crippen MR) is 57.6 cm³/mol. The first kappa shape index (κ1) is 10.4. The number of rotatable bonds is 4. The van der Waals surface area contributed by atoms with E-state index < -0.39 is 0 Å². The molecule has 0 aliphatic rings. The van der Waals surface area contributed by atoms with Gasteiger partial charge in [-0.2, -0.15) is 0 Å². The van der Waals surface area contributed by atoms with E-state index in [0.717, 1.165) is 11.3 Å². The fourth-order valence-electron chi connectivity index (χ4n) is 1.57. The number of nitrogens with zero attached hydrogens (tertiary/aromatic N) is 1. The molecule has 13 heavy (non-hydrogen) atoms. The lowest BCUT2D eigenvalue weighted by atomic mass is 9.97. The van der Waals surface area contributed by atoms with Crippen molar-refractivity contribution in [3.8, 4) is 0 Å². The topological polar surface area (TPSA) is 29.4 Å². The molecule has 0 fully saturated rings. The number of nitroso groups, excluding NO2 is 1. The van der Waals surface area contributed by atoms with E-state index in [0.29, 0.717) is 17.5 Å². The average Bonchev–Trinajstić information content (AvgIpc) is 2.49. The zero-order chi connectivity index (χ0) is 9.84. The van der Waals surface area contributed by atoms with Gasteiger partial charge in [0, 0.05) is 4.88 Å². The van der Waals surface area contributed by atoms with E-state index in [1.807, 2.05) is 5.38 Å². The van der Waals surface area contributed by atoms with E-state index in [9.17, 15) is 4.91 Å². The molecular formula is C10H15NOS. The molecular weight excluding hydrogens is 182 g/mol. The second-order valence-corrected chi connectivity index (χ2v) is 4.74. The van der Waals surface area contributed by atoms with Gasteiger partial charge in [0.05, 0.1) is 0 Å². The van der Waals surface area contributed by atoms with Crippen LogP contribution in [-0.2, 0) is 0 Å². The molecule has 1 rings (SSSR count). The van der Waals surface area contributed by atoms with E-state index >= 15 is 0 Å². The van der Waals surface area contributed by atoms with Crippen LogP contribution in [-0.4, -0.2) is 0 Å². The second kappa shape index (κ2) is 4.51. The Morgan fingerprint density at radius 2 is 2.15 bits per heavy atom. The summed E-state index contributed by atoms with van der Waals surface area (Å²) in [5, 5.41) is 4.95. The molecule has 0 spiro atoms. The smallest absolute Gasteiger partial charge is 0.122 e. The van der Waals surface area contributed by atoms with E-state index in [-0.39, 0.29) is 0 Å². The first-order valence-corrected chi connectivity index (χ1v) is 5.43. The van der Waals surface area contributed by atoms with Crippen LogP contribution in [0.4, 0.5) is 5.69 Å². The molecule has 1 aromatic heterocycles. The summed E-state index contributed by atoms with van der Waals surface area (Å²) in [6, 6.07) is 1.80. The minimum absolute atomic E-state index is 0.452. The van der Waals surface area contributed by atoms with Gasteiger partial charge in [0.25, 0.3) is 0 Å². The second-order valence-electron chi connectivity index (χ2n) is 3.79. The van der Waals surface area contributed by atoms with Gasteiger partial charge >= 0.3 is 0 Å². The van der Waals surface area contributed by atoms with E-state index in [4.69, 9.17) is 0 Å².